The van der Waals surface area contributed by atoms with E-state index in [1.54, 1.807) is 36.7 Å². The smallest absolute Gasteiger partial charge is 0.346 e. The van der Waals surface area contributed by atoms with Gasteiger partial charge in [-0.05, 0) is 48.2 Å². The summed E-state index contributed by atoms with van der Waals surface area (Å²) in [6, 6.07) is 9.18. The zero-order valence-corrected chi connectivity index (χ0v) is 14.3. The number of Topliss-reactive ketones (excluding diaryl/α,β-unsaturated/α-hetero) is 1. The molecule has 134 valence electrons. The number of halogens is 1. The SMILES string of the molecule is O=C(Oc1ccc2c(c1)C(=O)CCC2)c1ccc(-c2cncnc2)cc1F. The summed E-state index contributed by atoms with van der Waals surface area (Å²) in [5.74, 6) is -1.24. The highest BCUT2D eigenvalue weighted by Crippen LogP contribution is 2.27. The van der Waals surface area contributed by atoms with Crippen molar-refractivity contribution in [3.8, 4) is 16.9 Å². The number of ether oxygens (including phenoxy) is 1. The van der Waals surface area contributed by atoms with Gasteiger partial charge in [-0.25, -0.2) is 19.2 Å². The standard InChI is InChI=1S/C21H15FN2O3/c22-19-8-14(15-10-23-12-24-11-15)5-7-17(19)21(26)27-16-6-4-13-2-1-3-20(25)18(13)9-16/h4-12H,1-3H2. The minimum Gasteiger partial charge on any atom is -0.423 e. The summed E-state index contributed by atoms with van der Waals surface area (Å²) in [7, 11) is 0. The fourth-order valence-corrected chi connectivity index (χ4v) is 3.14. The molecule has 0 N–H and O–H groups in total. The van der Waals surface area contributed by atoms with Gasteiger partial charge in [0.25, 0.3) is 0 Å². The number of fused-ring (bicyclic) bond motifs is 1. The molecule has 1 aliphatic rings. The minimum absolute atomic E-state index is 0.0368. The Morgan fingerprint density at radius 1 is 1.00 bits per heavy atom. The summed E-state index contributed by atoms with van der Waals surface area (Å²) in [5.41, 5.74) is 2.55. The van der Waals surface area contributed by atoms with E-state index in [2.05, 4.69) is 9.97 Å². The number of esters is 1. The van der Waals surface area contributed by atoms with Gasteiger partial charge in [-0.3, -0.25) is 4.79 Å². The zero-order chi connectivity index (χ0) is 18.8. The van der Waals surface area contributed by atoms with Crippen LogP contribution in [0.15, 0.2) is 55.1 Å². The number of hydrogen-bond acceptors (Lipinski definition) is 5. The topological polar surface area (TPSA) is 69.2 Å². The number of hydrogen-bond donors (Lipinski definition) is 0. The third kappa shape index (κ3) is 3.46. The van der Waals surface area contributed by atoms with Crippen LogP contribution in [0.1, 0.15) is 39.1 Å². The van der Waals surface area contributed by atoms with Crippen LogP contribution in [0.5, 0.6) is 5.75 Å². The maximum Gasteiger partial charge on any atom is 0.346 e. The molecular formula is C21H15FN2O3. The molecule has 2 aromatic carbocycles. The van der Waals surface area contributed by atoms with Crippen LogP contribution in [0.25, 0.3) is 11.1 Å². The van der Waals surface area contributed by atoms with Crippen molar-refractivity contribution in [2.45, 2.75) is 19.3 Å². The Morgan fingerprint density at radius 3 is 2.59 bits per heavy atom. The predicted octanol–water partition coefficient (Wildman–Crippen LogP) is 4.02. The Hall–Kier alpha value is -3.41. The first kappa shape index (κ1) is 17.0. The number of ketones is 1. The lowest BCUT2D eigenvalue weighted by atomic mass is 9.90. The van der Waals surface area contributed by atoms with Gasteiger partial charge in [0.05, 0.1) is 5.56 Å². The summed E-state index contributed by atoms with van der Waals surface area (Å²) >= 11 is 0. The van der Waals surface area contributed by atoms with Gasteiger partial charge in [-0.2, -0.15) is 0 Å². The van der Waals surface area contributed by atoms with Crippen molar-refractivity contribution in [2.24, 2.45) is 0 Å². The number of aromatic nitrogens is 2. The van der Waals surface area contributed by atoms with Crippen molar-refractivity contribution >= 4 is 11.8 Å². The Bertz CT molecular complexity index is 1030. The molecule has 0 unspecified atom stereocenters. The monoisotopic (exact) mass is 362 g/mol. The number of benzene rings is 2. The second-order valence-corrected chi connectivity index (χ2v) is 6.31. The Kier molecular flexibility index (Phi) is 4.46. The maximum absolute atomic E-state index is 14.4. The molecule has 1 aliphatic carbocycles. The van der Waals surface area contributed by atoms with Crippen molar-refractivity contribution in [1.29, 1.82) is 0 Å². The quantitative estimate of drug-likeness (QED) is 0.520. The molecule has 5 nitrogen and oxygen atoms in total. The molecule has 0 spiro atoms. The van der Waals surface area contributed by atoms with Crippen molar-refractivity contribution in [3.05, 3.63) is 77.6 Å². The average molecular weight is 362 g/mol. The highest BCUT2D eigenvalue weighted by atomic mass is 19.1. The van der Waals surface area contributed by atoms with Gasteiger partial charge in [0.15, 0.2) is 5.78 Å². The molecule has 4 rings (SSSR count). The van der Waals surface area contributed by atoms with Crippen LogP contribution >= 0.6 is 0 Å². The van der Waals surface area contributed by atoms with Crippen LogP contribution < -0.4 is 4.74 Å². The van der Waals surface area contributed by atoms with E-state index in [-0.39, 0.29) is 17.1 Å². The summed E-state index contributed by atoms with van der Waals surface area (Å²) < 4.78 is 19.7. The maximum atomic E-state index is 14.4. The number of aryl methyl sites for hydroxylation is 1. The van der Waals surface area contributed by atoms with Crippen molar-refractivity contribution in [1.82, 2.24) is 9.97 Å². The van der Waals surface area contributed by atoms with Gasteiger partial charge >= 0.3 is 5.97 Å². The van der Waals surface area contributed by atoms with Crippen LogP contribution in [0.3, 0.4) is 0 Å². The fourth-order valence-electron chi connectivity index (χ4n) is 3.14. The first-order valence-corrected chi connectivity index (χ1v) is 8.55. The zero-order valence-electron chi connectivity index (χ0n) is 14.3. The van der Waals surface area contributed by atoms with Gasteiger partial charge in [0.1, 0.15) is 17.9 Å². The normalized spacial score (nSPS) is 13.1. The lowest BCUT2D eigenvalue weighted by Crippen LogP contribution is -2.13. The third-order valence-corrected chi connectivity index (χ3v) is 4.53. The number of rotatable bonds is 3. The van der Waals surface area contributed by atoms with Crippen LogP contribution in [0.2, 0.25) is 0 Å². The van der Waals surface area contributed by atoms with Gasteiger partial charge in [-0.1, -0.05) is 12.1 Å². The second kappa shape index (κ2) is 7.07. The van der Waals surface area contributed by atoms with Crippen LogP contribution in [-0.4, -0.2) is 21.7 Å². The van der Waals surface area contributed by atoms with Crippen molar-refractivity contribution < 1.29 is 18.7 Å². The minimum atomic E-state index is -0.813. The van der Waals surface area contributed by atoms with E-state index in [1.165, 1.54) is 18.5 Å². The van der Waals surface area contributed by atoms with Gasteiger partial charge < -0.3 is 4.74 Å². The highest BCUT2D eigenvalue weighted by Gasteiger charge is 2.20. The van der Waals surface area contributed by atoms with Crippen LogP contribution in [0, 0.1) is 5.82 Å². The molecule has 0 atom stereocenters. The summed E-state index contributed by atoms with van der Waals surface area (Å²) in [5, 5.41) is 0. The lowest BCUT2D eigenvalue weighted by molar-refractivity contribution is 0.0728. The van der Waals surface area contributed by atoms with Gasteiger partial charge in [0, 0.05) is 29.9 Å². The molecule has 0 saturated carbocycles. The van der Waals surface area contributed by atoms with Crippen molar-refractivity contribution in [3.63, 3.8) is 0 Å². The van der Waals surface area contributed by atoms with Gasteiger partial charge in [0.2, 0.25) is 0 Å². The summed E-state index contributed by atoms with van der Waals surface area (Å²) in [4.78, 5) is 32.2. The summed E-state index contributed by atoms with van der Waals surface area (Å²) in [6.45, 7) is 0. The number of carbonyl (C=O) groups excluding carboxylic acids is 2. The van der Waals surface area contributed by atoms with Crippen LogP contribution in [0.4, 0.5) is 4.39 Å². The van der Waals surface area contributed by atoms with E-state index in [0.717, 1.165) is 18.4 Å². The second-order valence-electron chi connectivity index (χ2n) is 6.31. The van der Waals surface area contributed by atoms with E-state index >= 15 is 0 Å². The number of carbonyl (C=O) groups is 2. The predicted molar refractivity (Wildman–Crippen MR) is 96.1 cm³/mol. The lowest BCUT2D eigenvalue weighted by Gasteiger charge is -2.15. The van der Waals surface area contributed by atoms with E-state index in [9.17, 15) is 14.0 Å². The third-order valence-electron chi connectivity index (χ3n) is 4.53. The molecular weight excluding hydrogens is 347 g/mol. The molecule has 0 radical (unpaired) electrons. The molecule has 1 heterocycles. The molecule has 1 aromatic heterocycles. The summed E-state index contributed by atoms with van der Waals surface area (Å²) in [6.07, 6.45) is 6.65. The largest absolute Gasteiger partial charge is 0.423 e. The first-order chi connectivity index (χ1) is 13.1. The molecule has 27 heavy (non-hydrogen) atoms. The molecule has 0 bridgehead atoms. The van der Waals surface area contributed by atoms with Gasteiger partial charge in [-0.15, -0.1) is 0 Å². The van der Waals surface area contributed by atoms with E-state index in [0.29, 0.717) is 23.1 Å². The number of nitrogens with zero attached hydrogens (tertiary/aromatic N) is 2. The van der Waals surface area contributed by atoms with Crippen molar-refractivity contribution in [2.75, 3.05) is 0 Å². The average Bonchev–Trinajstić information content (AvgIpc) is 2.69. The first-order valence-electron chi connectivity index (χ1n) is 8.55. The molecule has 0 saturated heterocycles. The molecule has 6 heteroatoms. The van der Waals surface area contributed by atoms with E-state index in [1.807, 2.05) is 0 Å². The van der Waals surface area contributed by atoms with E-state index in [4.69, 9.17) is 4.74 Å². The Balaban J connectivity index is 1.57. The molecule has 0 aliphatic heterocycles. The fraction of sp³-hybridized carbons (Fsp3) is 0.143. The Labute approximate surface area is 154 Å². The molecule has 3 aromatic rings. The van der Waals surface area contributed by atoms with E-state index < -0.39 is 11.8 Å². The molecule has 0 fully saturated rings. The van der Waals surface area contributed by atoms with Crippen LogP contribution in [-0.2, 0) is 6.42 Å². The Morgan fingerprint density at radius 2 is 1.81 bits per heavy atom. The molecule has 0 amide bonds. The highest BCUT2D eigenvalue weighted by molar-refractivity contribution is 5.99.